The SMILES string of the molecule is COc1ccc(NS(=O)(=O)c2cc(C)ccc2C)c(OC)c1. The Bertz CT molecular complexity index is 785. The quantitative estimate of drug-likeness (QED) is 0.919. The van der Waals surface area contributed by atoms with Gasteiger partial charge in [0, 0.05) is 6.07 Å². The van der Waals surface area contributed by atoms with Gasteiger partial charge in [-0.15, -0.1) is 0 Å². The van der Waals surface area contributed by atoms with E-state index in [4.69, 9.17) is 9.47 Å². The lowest BCUT2D eigenvalue weighted by Crippen LogP contribution is -2.15. The second-order valence-electron chi connectivity index (χ2n) is 4.94. The molecule has 2 rings (SSSR count). The summed E-state index contributed by atoms with van der Waals surface area (Å²) >= 11 is 0. The molecule has 2 aromatic rings. The molecular weight excluding hydrogens is 302 g/mol. The van der Waals surface area contributed by atoms with E-state index in [-0.39, 0.29) is 4.90 Å². The van der Waals surface area contributed by atoms with Gasteiger partial charge in [-0.3, -0.25) is 4.72 Å². The molecule has 118 valence electrons. The second kappa shape index (κ2) is 6.27. The molecule has 0 heterocycles. The van der Waals surface area contributed by atoms with Gasteiger partial charge in [0.2, 0.25) is 0 Å². The number of methoxy groups -OCH3 is 2. The number of aryl methyl sites for hydroxylation is 2. The lowest BCUT2D eigenvalue weighted by atomic mass is 10.2. The van der Waals surface area contributed by atoms with Crippen LogP contribution in [0, 0.1) is 13.8 Å². The Morgan fingerprint density at radius 1 is 0.955 bits per heavy atom. The Morgan fingerprint density at radius 2 is 1.68 bits per heavy atom. The highest BCUT2D eigenvalue weighted by atomic mass is 32.2. The third kappa shape index (κ3) is 3.33. The highest BCUT2D eigenvalue weighted by Gasteiger charge is 2.19. The minimum Gasteiger partial charge on any atom is -0.497 e. The largest absolute Gasteiger partial charge is 0.497 e. The van der Waals surface area contributed by atoms with Gasteiger partial charge in [0.15, 0.2) is 0 Å². The number of hydrogen-bond acceptors (Lipinski definition) is 4. The highest BCUT2D eigenvalue weighted by Crippen LogP contribution is 2.31. The first-order valence-corrected chi connectivity index (χ1v) is 8.18. The monoisotopic (exact) mass is 321 g/mol. The van der Waals surface area contributed by atoms with Crippen LogP contribution in [0.4, 0.5) is 5.69 Å². The molecule has 0 saturated heterocycles. The maximum atomic E-state index is 12.6. The average molecular weight is 321 g/mol. The van der Waals surface area contributed by atoms with Gasteiger partial charge < -0.3 is 9.47 Å². The van der Waals surface area contributed by atoms with Crippen LogP contribution in [0.2, 0.25) is 0 Å². The van der Waals surface area contributed by atoms with Gasteiger partial charge >= 0.3 is 0 Å². The van der Waals surface area contributed by atoms with Gasteiger partial charge in [0.05, 0.1) is 24.8 Å². The summed E-state index contributed by atoms with van der Waals surface area (Å²) in [5.74, 6) is 0.986. The minimum atomic E-state index is -3.69. The smallest absolute Gasteiger partial charge is 0.262 e. The summed E-state index contributed by atoms with van der Waals surface area (Å²) in [6.45, 7) is 3.62. The molecule has 0 spiro atoms. The van der Waals surface area contributed by atoms with Crippen LogP contribution in [0.1, 0.15) is 11.1 Å². The molecule has 0 aromatic heterocycles. The van der Waals surface area contributed by atoms with Gasteiger partial charge in [-0.1, -0.05) is 12.1 Å². The van der Waals surface area contributed by atoms with Crippen LogP contribution in [0.25, 0.3) is 0 Å². The number of benzene rings is 2. The maximum absolute atomic E-state index is 12.6. The van der Waals surface area contributed by atoms with E-state index in [1.807, 2.05) is 13.0 Å². The van der Waals surface area contributed by atoms with Gasteiger partial charge in [-0.25, -0.2) is 8.42 Å². The third-order valence-corrected chi connectivity index (χ3v) is 4.79. The fourth-order valence-corrected chi connectivity index (χ4v) is 3.48. The first-order chi connectivity index (χ1) is 10.4. The zero-order valence-corrected chi connectivity index (χ0v) is 13.8. The Balaban J connectivity index is 2.43. The number of anilines is 1. The van der Waals surface area contributed by atoms with Crippen molar-refractivity contribution in [1.82, 2.24) is 0 Å². The fraction of sp³-hybridized carbons (Fsp3) is 0.250. The van der Waals surface area contributed by atoms with E-state index in [1.165, 1.54) is 14.2 Å². The van der Waals surface area contributed by atoms with Crippen LogP contribution in [0.5, 0.6) is 11.5 Å². The number of nitrogens with one attached hydrogen (secondary N) is 1. The molecular formula is C16H19NO4S. The van der Waals surface area contributed by atoms with Crippen molar-refractivity contribution in [3.8, 4) is 11.5 Å². The van der Waals surface area contributed by atoms with E-state index in [9.17, 15) is 8.42 Å². The molecule has 0 atom stereocenters. The van der Waals surface area contributed by atoms with Crippen molar-refractivity contribution >= 4 is 15.7 Å². The number of ether oxygens (including phenoxy) is 2. The van der Waals surface area contributed by atoms with Crippen LogP contribution in [0.15, 0.2) is 41.3 Å². The van der Waals surface area contributed by atoms with E-state index < -0.39 is 10.0 Å². The summed E-state index contributed by atoms with van der Waals surface area (Å²) in [7, 11) is -0.676. The molecule has 2 aromatic carbocycles. The maximum Gasteiger partial charge on any atom is 0.262 e. The van der Waals surface area contributed by atoms with Gasteiger partial charge in [-0.2, -0.15) is 0 Å². The number of rotatable bonds is 5. The molecule has 22 heavy (non-hydrogen) atoms. The van der Waals surface area contributed by atoms with Crippen molar-refractivity contribution in [3.05, 3.63) is 47.5 Å². The molecule has 0 bridgehead atoms. The van der Waals surface area contributed by atoms with Crippen molar-refractivity contribution in [2.75, 3.05) is 18.9 Å². The van der Waals surface area contributed by atoms with E-state index in [1.54, 1.807) is 37.3 Å². The van der Waals surface area contributed by atoms with Crippen molar-refractivity contribution in [3.63, 3.8) is 0 Å². The Kier molecular flexibility index (Phi) is 4.61. The molecule has 0 aliphatic rings. The Morgan fingerprint density at radius 3 is 2.32 bits per heavy atom. The predicted octanol–water partition coefficient (Wildman–Crippen LogP) is 3.12. The predicted molar refractivity (Wildman–Crippen MR) is 86.3 cm³/mol. The van der Waals surface area contributed by atoms with Crippen molar-refractivity contribution in [2.45, 2.75) is 18.7 Å². The summed E-state index contributed by atoms with van der Waals surface area (Å²) < 4.78 is 38.1. The normalized spacial score (nSPS) is 11.1. The Labute approximate surface area is 130 Å². The molecule has 0 fully saturated rings. The van der Waals surface area contributed by atoms with E-state index >= 15 is 0 Å². The van der Waals surface area contributed by atoms with Crippen molar-refractivity contribution in [2.24, 2.45) is 0 Å². The molecule has 0 saturated carbocycles. The van der Waals surface area contributed by atoms with E-state index in [0.29, 0.717) is 22.7 Å². The zero-order chi connectivity index (χ0) is 16.3. The van der Waals surface area contributed by atoms with Crippen LogP contribution in [-0.4, -0.2) is 22.6 Å². The molecule has 0 radical (unpaired) electrons. The third-order valence-electron chi connectivity index (χ3n) is 3.29. The minimum absolute atomic E-state index is 0.255. The molecule has 5 nitrogen and oxygen atoms in total. The van der Waals surface area contributed by atoms with Gasteiger partial charge in [0.1, 0.15) is 11.5 Å². The molecule has 1 N–H and O–H groups in total. The van der Waals surface area contributed by atoms with Gasteiger partial charge in [0.25, 0.3) is 10.0 Å². The molecule has 0 amide bonds. The lowest BCUT2D eigenvalue weighted by Gasteiger charge is -2.14. The molecule has 0 aliphatic carbocycles. The van der Waals surface area contributed by atoms with Crippen molar-refractivity contribution in [1.29, 1.82) is 0 Å². The summed E-state index contributed by atoms with van der Waals surface area (Å²) in [4.78, 5) is 0.255. The number of sulfonamides is 1. The summed E-state index contributed by atoms with van der Waals surface area (Å²) in [6.07, 6.45) is 0. The van der Waals surface area contributed by atoms with Crippen LogP contribution in [0.3, 0.4) is 0 Å². The highest BCUT2D eigenvalue weighted by molar-refractivity contribution is 7.92. The molecule has 0 unspecified atom stereocenters. The zero-order valence-electron chi connectivity index (χ0n) is 13.0. The summed E-state index contributed by atoms with van der Waals surface area (Å²) in [5.41, 5.74) is 1.93. The summed E-state index contributed by atoms with van der Waals surface area (Å²) in [5, 5.41) is 0. The fourth-order valence-electron chi connectivity index (χ4n) is 2.08. The molecule has 6 heteroatoms. The average Bonchev–Trinajstić information content (AvgIpc) is 2.49. The topological polar surface area (TPSA) is 64.6 Å². The standard InChI is InChI=1S/C16H19NO4S/c1-11-5-6-12(2)16(9-11)22(18,19)17-14-8-7-13(20-3)10-15(14)21-4/h5-10,17H,1-4H3. The van der Waals surface area contributed by atoms with E-state index in [2.05, 4.69) is 4.72 Å². The first-order valence-electron chi connectivity index (χ1n) is 6.69. The van der Waals surface area contributed by atoms with Crippen LogP contribution in [-0.2, 0) is 10.0 Å². The number of hydrogen-bond donors (Lipinski definition) is 1. The van der Waals surface area contributed by atoms with Crippen LogP contribution >= 0.6 is 0 Å². The summed E-state index contributed by atoms with van der Waals surface area (Å²) in [6, 6.07) is 10.2. The first kappa shape index (κ1) is 16.2. The van der Waals surface area contributed by atoms with Crippen LogP contribution < -0.4 is 14.2 Å². The lowest BCUT2D eigenvalue weighted by molar-refractivity contribution is 0.395. The van der Waals surface area contributed by atoms with Gasteiger partial charge in [-0.05, 0) is 43.2 Å². The van der Waals surface area contributed by atoms with E-state index in [0.717, 1.165) is 5.56 Å². The molecule has 0 aliphatic heterocycles. The second-order valence-corrected chi connectivity index (χ2v) is 6.59. The Hall–Kier alpha value is -2.21. The van der Waals surface area contributed by atoms with Crippen molar-refractivity contribution < 1.29 is 17.9 Å².